The van der Waals surface area contributed by atoms with Gasteiger partial charge in [-0.3, -0.25) is 4.98 Å². The zero-order chi connectivity index (χ0) is 13.2. The van der Waals surface area contributed by atoms with Crippen molar-refractivity contribution < 1.29 is 0 Å². The largest absolute Gasteiger partial charge is 0.309 e. The van der Waals surface area contributed by atoms with E-state index in [0.717, 1.165) is 24.6 Å². The molecule has 0 aliphatic carbocycles. The summed E-state index contributed by atoms with van der Waals surface area (Å²) in [6.07, 6.45) is 5.30. The third kappa shape index (κ3) is 2.50. The minimum atomic E-state index is 0.596. The normalized spacial score (nSPS) is 15.7. The second-order valence-corrected chi connectivity index (χ2v) is 5.36. The van der Waals surface area contributed by atoms with Crippen molar-refractivity contribution >= 4 is 23.8 Å². The Kier molecular flexibility index (Phi) is 3.52. The smallest absolute Gasteiger partial charge is 0.214 e. The van der Waals surface area contributed by atoms with Gasteiger partial charge in [-0.25, -0.2) is 9.77 Å². The highest BCUT2D eigenvalue weighted by atomic mass is 35.5. The van der Waals surface area contributed by atoms with Crippen LogP contribution < -0.4 is 5.01 Å². The number of hydrogen-bond acceptors (Lipinski definition) is 4. The summed E-state index contributed by atoms with van der Waals surface area (Å²) in [5.41, 5.74) is 0.727. The number of nitrogens with one attached hydrogen (secondary N) is 1. The number of aromatic amines is 1. The minimum Gasteiger partial charge on any atom is -0.309 e. The number of aromatic nitrogens is 4. The molecule has 100 valence electrons. The Labute approximate surface area is 121 Å². The van der Waals surface area contributed by atoms with Crippen LogP contribution in [-0.4, -0.2) is 32.9 Å². The van der Waals surface area contributed by atoms with Crippen molar-refractivity contribution in [3.05, 3.63) is 28.1 Å². The highest BCUT2D eigenvalue weighted by molar-refractivity contribution is 7.71. The summed E-state index contributed by atoms with van der Waals surface area (Å²) < 4.78 is 2.53. The molecule has 0 spiro atoms. The highest BCUT2D eigenvalue weighted by Crippen LogP contribution is 2.20. The lowest BCUT2D eigenvalue weighted by atomic mass is 10.2. The molecular weight excluding hydrogens is 282 g/mol. The van der Waals surface area contributed by atoms with Crippen molar-refractivity contribution in [1.82, 2.24) is 19.9 Å². The fraction of sp³-hybridized carbons (Fsp3) is 0.417. The van der Waals surface area contributed by atoms with Crippen LogP contribution in [0.2, 0.25) is 5.02 Å². The van der Waals surface area contributed by atoms with Gasteiger partial charge >= 0.3 is 0 Å². The second-order valence-electron chi connectivity index (χ2n) is 4.54. The summed E-state index contributed by atoms with van der Waals surface area (Å²) in [5.74, 6) is 0.717. The Balaban J connectivity index is 2.05. The van der Waals surface area contributed by atoms with Crippen LogP contribution in [0.5, 0.6) is 0 Å². The summed E-state index contributed by atoms with van der Waals surface area (Å²) in [7, 11) is 0. The Bertz CT molecular complexity index is 629. The van der Waals surface area contributed by atoms with E-state index in [1.807, 2.05) is 4.68 Å². The van der Waals surface area contributed by atoms with Crippen LogP contribution in [0.25, 0.3) is 11.5 Å². The van der Waals surface area contributed by atoms with E-state index >= 15 is 0 Å². The molecule has 3 rings (SSSR count). The molecule has 5 nitrogen and oxygen atoms in total. The van der Waals surface area contributed by atoms with Gasteiger partial charge in [0.1, 0.15) is 5.69 Å². The van der Waals surface area contributed by atoms with E-state index < -0.39 is 0 Å². The van der Waals surface area contributed by atoms with Crippen molar-refractivity contribution in [3.63, 3.8) is 0 Å². The van der Waals surface area contributed by atoms with E-state index in [0.29, 0.717) is 9.79 Å². The van der Waals surface area contributed by atoms with E-state index in [2.05, 4.69) is 20.2 Å². The maximum absolute atomic E-state index is 6.01. The molecule has 0 saturated carbocycles. The fourth-order valence-corrected chi connectivity index (χ4v) is 2.73. The number of halogens is 1. The molecule has 0 atom stereocenters. The van der Waals surface area contributed by atoms with Crippen molar-refractivity contribution in [3.8, 4) is 11.5 Å². The van der Waals surface area contributed by atoms with Crippen LogP contribution in [-0.2, 0) is 0 Å². The third-order valence-corrected chi connectivity index (χ3v) is 3.72. The zero-order valence-electron chi connectivity index (χ0n) is 10.3. The molecule has 2 aromatic heterocycles. The van der Waals surface area contributed by atoms with Crippen molar-refractivity contribution in [2.75, 3.05) is 18.1 Å². The van der Waals surface area contributed by atoms with Crippen LogP contribution in [0.1, 0.15) is 19.3 Å². The second kappa shape index (κ2) is 5.30. The summed E-state index contributed by atoms with van der Waals surface area (Å²) in [4.78, 5) is 4.32. The first-order chi connectivity index (χ1) is 9.25. The first-order valence-corrected chi connectivity index (χ1v) is 7.09. The van der Waals surface area contributed by atoms with Gasteiger partial charge in [-0.05, 0) is 43.6 Å². The molecule has 1 saturated heterocycles. The average Bonchev–Trinajstić information content (AvgIpc) is 2.82. The number of piperidine rings is 1. The Morgan fingerprint density at radius 2 is 2.05 bits per heavy atom. The molecule has 0 bridgehead atoms. The average molecular weight is 296 g/mol. The summed E-state index contributed by atoms with van der Waals surface area (Å²) >= 11 is 11.3. The third-order valence-electron chi connectivity index (χ3n) is 3.22. The molecule has 0 radical (unpaired) electrons. The van der Waals surface area contributed by atoms with Crippen molar-refractivity contribution in [2.24, 2.45) is 0 Å². The zero-order valence-corrected chi connectivity index (χ0v) is 11.9. The van der Waals surface area contributed by atoms with Crippen LogP contribution >= 0.6 is 23.8 Å². The molecule has 2 aromatic rings. The maximum Gasteiger partial charge on any atom is 0.214 e. The molecule has 19 heavy (non-hydrogen) atoms. The van der Waals surface area contributed by atoms with Gasteiger partial charge in [-0.1, -0.05) is 11.6 Å². The molecular formula is C12H14ClN5S. The van der Waals surface area contributed by atoms with E-state index in [4.69, 9.17) is 23.8 Å². The minimum absolute atomic E-state index is 0.596. The molecule has 1 aliphatic rings. The van der Waals surface area contributed by atoms with Gasteiger partial charge in [0.25, 0.3) is 0 Å². The molecule has 0 amide bonds. The molecule has 1 N–H and O–H groups in total. The lowest BCUT2D eigenvalue weighted by molar-refractivity contribution is 0.477. The topological polar surface area (TPSA) is 49.7 Å². The molecule has 7 heteroatoms. The lowest BCUT2D eigenvalue weighted by Crippen LogP contribution is -2.39. The van der Waals surface area contributed by atoms with E-state index in [9.17, 15) is 0 Å². The number of pyridine rings is 1. The predicted octanol–water partition coefficient (Wildman–Crippen LogP) is 2.78. The number of H-pyrrole nitrogens is 1. The van der Waals surface area contributed by atoms with Crippen LogP contribution in [0, 0.1) is 4.77 Å². The van der Waals surface area contributed by atoms with Gasteiger partial charge in [0.05, 0.1) is 0 Å². The molecule has 1 fully saturated rings. The summed E-state index contributed by atoms with van der Waals surface area (Å²) in [6.45, 7) is 1.98. The quantitative estimate of drug-likeness (QED) is 0.866. The van der Waals surface area contributed by atoms with Crippen molar-refractivity contribution in [1.29, 1.82) is 0 Å². The van der Waals surface area contributed by atoms with E-state index in [1.165, 1.54) is 19.3 Å². The molecule has 0 aromatic carbocycles. The van der Waals surface area contributed by atoms with Crippen LogP contribution in [0.3, 0.4) is 0 Å². The van der Waals surface area contributed by atoms with Gasteiger partial charge in [0.2, 0.25) is 4.77 Å². The maximum atomic E-state index is 6.01. The van der Waals surface area contributed by atoms with Gasteiger partial charge < -0.3 is 5.01 Å². The Hall–Kier alpha value is -1.40. The van der Waals surface area contributed by atoms with Gasteiger partial charge in [-0.2, -0.15) is 5.10 Å². The van der Waals surface area contributed by atoms with E-state index in [1.54, 1.807) is 18.3 Å². The fourth-order valence-electron chi connectivity index (χ4n) is 2.32. The highest BCUT2D eigenvalue weighted by Gasteiger charge is 2.18. The van der Waals surface area contributed by atoms with Crippen LogP contribution in [0.4, 0.5) is 0 Å². The van der Waals surface area contributed by atoms with Gasteiger partial charge in [0, 0.05) is 24.3 Å². The summed E-state index contributed by atoms with van der Waals surface area (Å²) in [6, 6.07) is 3.55. The SMILES string of the molecule is S=c1[nH]nc(-c2cc(Cl)ccn2)n1N1CCCCC1. The van der Waals surface area contributed by atoms with Gasteiger partial charge in [-0.15, -0.1) is 0 Å². The van der Waals surface area contributed by atoms with Crippen LogP contribution in [0.15, 0.2) is 18.3 Å². The monoisotopic (exact) mass is 295 g/mol. The molecule has 0 unspecified atom stereocenters. The first-order valence-electron chi connectivity index (χ1n) is 6.30. The standard InChI is InChI=1S/C12H14ClN5S/c13-9-4-5-14-10(8-9)11-15-16-12(19)18(11)17-6-2-1-3-7-17/h4-5,8H,1-3,6-7H2,(H,16,19). The lowest BCUT2D eigenvalue weighted by Gasteiger charge is -2.29. The first kappa shape index (κ1) is 12.6. The van der Waals surface area contributed by atoms with E-state index in [-0.39, 0.29) is 0 Å². The van der Waals surface area contributed by atoms with Crippen molar-refractivity contribution in [2.45, 2.75) is 19.3 Å². The Morgan fingerprint density at radius 3 is 2.79 bits per heavy atom. The number of hydrogen-bond donors (Lipinski definition) is 1. The number of nitrogens with zero attached hydrogens (tertiary/aromatic N) is 4. The summed E-state index contributed by atoms with van der Waals surface area (Å²) in [5, 5.41) is 9.99. The molecule has 1 aliphatic heterocycles. The number of rotatable bonds is 2. The van der Waals surface area contributed by atoms with Gasteiger partial charge in [0.15, 0.2) is 5.82 Å². The Morgan fingerprint density at radius 1 is 1.26 bits per heavy atom. The predicted molar refractivity (Wildman–Crippen MR) is 77.5 cm³/mol. The molecule has 3 heterocycles.